The third-order valence-electron chi connectivity index (χ3n) is 24.6. The van der Waals surface area contributed by atoms with Crippen molar-refractivity contribution in [3.63, 3.8) is 0 Å². The molecule has 11 aromatic carbocycles. The molecule has 4 aliphatic heterocycles. The Bertz CT molecular complexity index is 7230. The number of nitrogens with zero attached hydrogens (tertiary/aromatic N) is 7. The molecule has 4 aliphatic rings. The van der Waals surface area contributed by atoms with Gasteiger partial charge in [-0.25, -0.2) is 9.97 Å². The van der Waals surface area contributed by atoms with Crippen LogP contribution in [-0.2, 0) is 59.6 Å². The Kier molecular flexibility index (Phi) is 17.7. The first kappa shape index (κ1) is 71.7. The molecule has 0 amide bonds. The summed E-state index contributed by atoms with van der Waals surface area (Å²) in [5.41, 5.74) is 11.8. The lowest BCUT2D eigenvalue weighted by Gasteiger charge is -2.44. The Morgan fingerprint density at radius 2 is 0.724 bits per heavy atom. The number of aromatic nitrogens is 2. The molecular weight excluding hydrogens is 1580 g/mol. The van der Waals surface area contributed by atoms with E-state index >= 15 is 0 Å². The van der Waals surface area contributed by atoms with Crippen LogP contribution >= 0.6 is 22.7 Å². The van der Waals surface area contributed by atoms with Crippen molar-refractivity contribution in [3.05, 3.63) is 291 Å². The lowest BCUT2D eigenvalue weighted by molar-refractivity contribution is 0.568. The smallest absolute Gasteiger partial charge is 0.276 e. The van der Waals surface area contributed by atoms with Crippen molar-refractivity contribution in [3.8, 4) is 10.6 Å². The van der Waals surface area contributed by atoms with Gasteiger partial charge in [0.1, 0.15) is 15.8 Å². The third-order valence-corrected chi connectivity index (χ3v) is 27.2. The van der Waals surface area contributed by atoms with Crippen molar-refractivity contribution in [1.29, 1.82) is 0 Å². The molecule has 0 aliphatic carbocycles. The summed E-state index contributed by atoms with van der Waals surface area (Å²) in [5.74, 6) is 1.05. The molecule has 11 heteroatoms. The first-order chi connectivity index (χ1) is 65.7. The van der Waals surface area contributed by atoms with Crippen LogP contribution in [0.25, 0.3) is 10.6 Å². The monoisotopic (exact) mass is 1730 g/mol. The minimum absolute atomic E-state index is 0.00802. The van der Waals surface area contributed by atoms with Gasteiger partial charge < -0.3 is 19.6 Å². The summed E-state index contributed by atoms with van der Waals surface area (Å²) in [7, 11) is 0. The molecule has 0 fully saturated rings. The van der Waals surface area contributed by atoms with E-state index in [1.165, 1.54) is 65.6 Å². The molecule has 0 bridgehead atoms. The zero-order chi connectivity index (χ0) is 106. The highest BCUT2D eigenvalue weighted by atomic mass is 32.1. The van der Waals surface area contributed by atoms with E-state index in [1.54, 1.807) is 67.2 Å². The molecule has 0 radical (unpaired) electrons. The maximum Gasteiger partial charge on any atom is 0.276 e. The van der Waals surface area contributed by atoms with E-state index in [0.717, 1.165) is 44.9 Å². The van der Waals surface area contributed by atoms with Crippen LogP contribution in [0, 0.1) is 0 Å². The molecule has 0 atom stereocenters. The van der Waals surface area contributed by atoms with Gasteiger partial charge in [-0.2, -0.15) is 0 Å². The second-order valence-corrected chi connectivity index (χ2v) is 48.6. The predicted molar refractivity (Wildman–Crippen MR) is 558 cm³/mol. The Balaban J connectivity index is 0.000000209. The molecule has 7 nitrogen and oxygen atoms in total. The Morgan fingerprint density at radius 3 is 1.21 bits per heavy atom. The fraction of sp³-hybridized carbons (Fsp3) is 0.379. The van der Waals surface area contributed by atoms with Crippen LogP contribution in [-0.4, -0.2) is 23.4 Å². The van der Waals surface area contributed by atoms with E-state index < -0.39 is 57.3 Å². The Morgan fingerprint density at radius 1 is 0.283 bits per heavy atom. The van der Waals surface area contributed by atoms with Gasteiger partial charge in [0.25, 0.3) is 13.4 Å². The molecular formula is C116H137B2N7S2. The summed E-state index contributed by atoms with van der Waals surface area (Å²) >= 11 is 2.84. The molecule has 0 saturated heterocycles. The highest BCUT2D eigenvalue weighted by Crippen LogP contribution is 2.54. The van der Waals surface area contributed by atoms with Crippen LogP contribution in [0.5, 0.6) is 0 Å². The lowest BCUT2D eigenvalue weighted by atomic mass is 9.35. The second kappa shape index (κ2) is 31.3. The summed E-state index contributed by atoms with van der Waals surface area (Å²) in [6, 6.07) is 45.3. The molecule has 0 saturated carbocycles. The van der Waals surface area contributed by atoms with Crippen LogP contribution in [0.3, 0.4) is 0 Å². The summed E-state index contributed by atoms with van der Waals surface area (Å²) in [4.78, 5) is 21.4. The van der Waals surface area contributed by atoms with Gasteiger partial charge in [0.15, 0.2) is 0 Å². The van der Waals surface area contributed by atoms with Gasteiger partial charge in [-0.15, -0.1) is 11.3 Å². The molecule has 0 unspecified atom stereocenters. The first-order valence-electron chi connectivity index (χ1n) is 53.1. The zero-order valence-corrected chi connectivity index (χ0v) is 82.9. The maximum absolute atomic E-state index is 10.6. The van der Waals surface area contributed by atoms with Gasteiger partial charge in [-0.3, -0.25) is 4.90 Å². The van der Waals surface area contributed by atoms with Crippen LogP contribution < -0.4 is 56.7 Å². The summed E-state index contributed by atoms with van der Waals surface area (Å²) < 4.78 is 159. The largest absolute Gasteiger partial charge is 0.311 e. The van der Waals surface area contributed by atoms with Gasteiger partial charge in [-0.05, 0) is 247 Å². The first-order valence-corrected chi connectivity index (χ1v) is 46.7. The highest BCUT2D eigenvalue weighted by molar-refractivity contribution is 7.29. The molecule has 6 heterocycles. The number of thiazole rings is 2. The molecule has 2 aromatic heterocycles. The molecule has 17 rings (SSSR count). The number of anilines is 15. The number of benzene rings is 11. The van der Waals surface area contributed by atoms with Crippen LogP contribution in [0.15, 0.2) is 230 Å². The number of hydrogen-bond donors (Lipinski definition) is 0. The van der Waals surface area contributed by atoms with Gasteiger partial charge in [0.05, 0.1) is 32.5 Å². The van der Waals surface area contributed by atoms with Crippen molar-refractivity contribution in [2.45, 2.75) is 288 Å². The van der Waals surface area contributed by atoms with E-state index in [9.17, 15) is 21.9 Å². The number of hydrogen-bond acceptors (Lipinski definition) is 9. The van der Waals surface area contributed by atoms with Crippen molar-refractivity contribution in [2.24, 2.45) is 0 Å². The number of para-hydroxylation sites is 2. The van der Waals surface area contributed by atoms with E-state index in [1.807, 2.05) is 73.7 Å². The minimum atomic E-state index is -1.35. The van der Waals surface area contributed by atoms with Crippen LogP contribution in [0.4, 0.5) is 84.8 Å². The minimum Gasteiger partial charge on any atom is -0.311 e. The van der Waals surface area contributed by atoms with Crippen LogP contribution in [0.1, 0.15) is 311 Å². The Labute approximate surface area is 794 Å². The van der Waals surface area contributed by atoms with E-state index in [2.05, 4.69) is 252 Å². The molecule has 13 aromatic rings. The highest BCUT2D eigenvalue weighted by Gasteiger charge is 2.50. The average Bonchev–Trinajstić information content (AvgIpc) is 1.60. The fourth-order valence-electron chi connectivity index (χ4n) is 16.8. The zero-order valence-electron chi connectivity index (χ0n) is 97.3. The standard InChI is InChI=1S/C59H67BN4S.C57H70BN3S/c1-55(2,3)38-26-28-44(29-27-38)63-48-37-45(62(42-22-18-16-19-23-42)43-24-20-17-21-25-43)30-31-47(48)60-51-49(63)35-41(58(10,11)12)36-50(51)64(53-52(60)65-54(61-53)59(13,14)15)46-33-39(56(4,5)6)32-40(34-46)57(7,8)9;1-52(2,3)36-21-19-35(20-22-36)50-59-49-51(62-50)61(43-30-39(55(10,11)12)29-40(31-43)56(13,14)15)47-34-41(57(16,17)18)33-46-48(47)58(49)44-32-38(54(7,8)9)25-28-45(44)60(46)42-26-23-37(24-27-42)53(4,5)6/h16-37H,1-15H3;19-34H,1-18H3/i;19D,20D,21D,22D,23D,24D,25D,26D,27D,28D,29D,30D,31D,32D,33D,34D. The summed E-state index contributed by atoms with van der Waals surface area (Å²) in [5, 5.41) is 1.30. The van der Waals surface area contributed by atoms with E-state index in [4.69, 9.17) is 9.97 Å². The third kappa shape index (κ3) is 17.1. The summed E-state index contributed by atoms with van der Waals surface area (Å²) in [6.07, 6.45) is 0. The van der Waals surface area contributed by atoms with Crippen LogP contribution in [0.2, 0.25) is 0 Å². The van der Waals surface area contributed by atoms with Crippen molar-refractivity contribution in [1.82, 2.24) is 9.97 Å². The van der Waals surface area contributed by atoms with Crippen molar-refractivity contribution in [2.75, 3.05) is 24.5 Å². The molecule has 0 spiro atoms. The summed E-state index contributed by atoms with van der Waals surface area (Å²) in [6.45, 7) is 66.3. The van der Waals surface area contributed by atoms with Crippen molar-refractivity contribution >= 4 is 153 Å². The SMILES string of the molecule is CC(C)(C)c1ccc(N2c3cc(N(c4ccccc4)c4ccccc4)ccc3B3c4sc(C(C)(C)C)nc4N(c4cc(C(C)(C)C)cc(C(C)(C)C)c4)c4cc(C(C)(C)C)cc2c43)cc1.[2H]c1c([2H])c(C(C)(C)C)c([2H])c([2H])c1-c1nc2c(s1)N(c1c([2H])c(C(C)(C)C)c([2H])c(C(C)(C)C)c1[2H])c1c([2H])c(C(C)(C)C)c([2H])c3c1B2c1c([2H])c(C(C)(C)C)c([2H])c([2H])c1N3c1c([2H])c([2H])c(C(C)(C)C)c([2H])c1[2H]. The Hall–Kier alpha value is -10.2. The predicted octanol–water partition coefficient (Wildman–Crippen LogP) is 29.9. The average molecular weight is 1730 g/mol. The second-order valence-electron chi connectivity index (χ2n) is 46.6. The van der Waals surface area contributed by atoms with Gasteiger partial charge in [-0.1, -0.05) is 355 Å². The van der Waals surface area contributed by atoms with Crippen molar-refractivity contribution < 1.29 is 21.9 Å². The lowest BCUT2D eigenvalue weighted by Crippen LogP contribution is -2.62. The molecule has 127 heavy (non-hydrogen) atoms. The number of fused-ring (bicyclic) bond motifs is 8. The number of rotatable bonds is 8. The maximum atomic E-state index is 10.6. The van der Waals surface area contributed by atoms with Gasteiger partial charge >= 0.3 is 0 Å². The molecule has 654 valence electrons. The van der Waals surface area contributed by atoms with E-state index in [0.29, 0.717) is 0 Å². The van der Waals surface area contributed by atoms with E-state index in [-0.39, 0.29) is 206 Å². The quantitative estimate of drug-likeness (QED) is 0.140. The van der Waals surface area contributed by atoms with Gasteiger partial charge in [0, 0.05) is 89.7 Å². The normalized spacial score (nSPS) is 16.0. The van der Waals surface area contributed by atoms with Gasteiger partial charge in [0.2, 0.25) is 0 Å². The fourth-order valence-corrected chi connectivity index (χ4v) is 19.1. The molecule has 0 N–H and O–H groups in total. The topological polar surface area (TPSA) is 42.0 Å².